The van der Waals surface area contributed by atoms with E-state index >= 15 is 0 Å². The summed E-state index contributed by atoms with van der Waals surface area (Å²) in [6.45, 7) is 9.74. The van der Waals surface area contributed by atoms with Crippen LogP contribution in [-0.2, 0) is 21.6 Å². The number of amides is 1. The van der Waals surface area contributed by atoms with Gasteiger partial charge in [0.2, 0.25) is 0 Å². The molecule has 1 atom stereocenters. The molecule has 0 bridgehead atoms. The summed E-state index contributed by atoms with van der Waals surface area (Å²) in [6, 6.07) is 6.20. The Balaban J connectivity index is 1.93. The lowest BCUT2D eigenvalue weighted by Gasteiger charge is -2.44. The van der Waals surface area contributed by atoms with Gasteiger partial charge in [-0.1, -0.05) is 37.6 Å². The molecule has 2 aliphatic rings. The Morgan fingerprint density at radius 1 is 1.42 bits per heavy atom. The first-order chi connectivity index (χ1) is 11.4. The van der Waals surface area contributed by atoms with Crippen LogP contribution in [-0.4, -0.2) is 30.2 Å². The zero-order valence-corrected chi connectivity index (χ0v) is 14.8. The highest BCUT2D eigenvalue weighted by atomic mass is 17.2. The average Bonchev–Trinajstić information content (AvgIpc) is 3.02. The van der Waals surface area contributed by atoms with Gasteiger partial charge in [0.05, 0.1) is 6.61 Å². The third-order valence-electron chi connectivity index (χ3n) is 5.04. The minimum Gasteiger partial charge on any atom is -0.450 e. The number of carbonyl (C=O) groups excluding carboxylic acids is 1. The van der Waals surface area contributed by atoms with Gasteiger partial charge in [-0.3, -0.25) is 0 Å². The number of ether oxygens (including phenoxy) is 1. The maximum absolute atomic E-state index is 12.4. The predicted molar refractivity (Wildman–Crippen MR) is 90.8 cm³/mol. The Morgan fingerprint density at radius 3 is 2.96 bits per heavy atom. The third-order valence-corrected chi connectivity index (χ3v) is 5.04. The van der Waals surface area contributed by atoms with Gasteiger partial charge in [-0.05, 0) is 31.9 Å². The fraction of sp³-hybridized carbons (Fsp3) is 0.526. The maximum Gasteiger partial charge on any atom is 0.410 e. The summed E-state index contributed by atoms with van der Waals surface area (Å²) in [6.07, 6.45) is 2.68. The van der Waals surface area contributed by atoms with Crippen LogP contribution < -0.4 is 4.89 Å². The van der Waals surface area contributed by atoms with Crippen molar-refractivity contribution in [3.8, 4) is 5.75 Å². The van der Waals surface area contributed by atoms with E-state index in [0.29, 0.717) is 19.8 Å². The number of hydrogen-bond acceptors (Lipinski definition) is 4. The summed E-state index contributed by atoms with van der Waals surface area (Å²) in [4.78, 5) is 24.5. The molecule has 1 unspecified atom stereocenters. The van der Waals surface area contributed by atoms with Crippen molar-refractivity contribution in [1.82, 2.24) is 4.90 Å². The quantitative estimate of drug-likeness (QED) is 0.621. The Hall–Kier alpha value is -2.01. The van der Waals surface area contributed by atoms with Gasteiger partial charge in [0.15, 0.2) is 5.75 Å². The second kappa shape index (κ2) is 6.48. The molecule has 1 aromatic rings. The van der Waals surface area contributed by atoms with E-state index in [1.54, 1.807) is 0 Å². The molecule has 1 aromatic carbocycles. The largest absolute Gasteiger partial charge is 0.450 e. The molecule has 0 radical (unpaired) electrons. The molecule has 0 fully saturated rings. The zero-order chi connectivity index (χ0) is 17.3. The van der Waals surface area contributed by atoms with Crippen molar-refractivity contribution in [1.29, 1.82) is 0 Å². The van der Waals surface area contributed by atoms with E-state index in [1.807, 2.05) is 24.0 Å². The topological polar surface area (TPSA) is 48.0 Å². The number of benzene rings is 1. The molecular formula is C19H25NO4. The fourth-order valence-electron chi connectivity index (χ4n) is 3.43. The van der Waals surface area contributed by atoms with E-state index in [1.165, 1.54) is 5.57 Å². The summed E-state index contributed by atoms with van der Waals surface area (Å²) in [5.41, 5.74) is 3.23. The molecule has 5 nitrogen and oxygen atoms in total. The van der Waals surface area contributed by atoms with Crippen LogP contribution >= 0.6 is 0 Å². The van der Waals surface area contributed by atoms with Crippen LogP contribution in [0.1, 0.15) is 45.2 Å². The Morgan fingerprint density at radius 2 is 2.21 bits per heavy atom. The zero-order valence-electron chi connectivity index (χ0n) is 14.8. The molecular weight excluding hydrogens is 306 g/mol. The van der Waals surface area contributed by atoms with Crippen LogP contribution in [0.15, 0.2) is 29.8 Å². The third kappa shape index (κ3) is 3.00. The van der Waals surface area contributed by atoms with Crippen molar-refractivity contribution in [3.63, 3.8) is 0 Å². The molecule has 3 rings (SSSR count). The Kier molecular flexibility index (Phi) is 4.54. The minimum atomic E-state index is -0.250. The summed E-state index contributed by atoms with van der Waals surface area (Å²) < 4.78 is 5.26. The highest BCUT2D eigenvalue weighted by Gasteiger charge is 2.40. The second-order valence-corrected chi connectivity index (χ2v) is 7.01. The number of hydrogen-bond donors (Lipinski definition) is 0. The van der Waals surface area contributed by atoms with Crippen molar-refractivity contribution in [2.24, 2.45) is 0 Å². The molecule has 0 aromatic heterocycles. The first-order valence-electron chi connectivity index (χ1n) is 8.45. The number of carbonyl (C=O) groups is 1. The van der Waals surface area contributed by atoms with E-state index in [-0.39, 0.29) is 17.6 Å². The van der Waals surface area contributed by atoms with Crippen LogP contribution in [0.4, 0.5) is 4.79 Å². The first-order valence-corrected chi connectivity index (χ1v) is 8.45. The van der Waals surface area contributed by atoms with Gasteiger partial charge in [0, 0.05) is 23.6 Å². The lowest BCUT2D eigenvalue weighted by molar-refractivity contribution is -0.194. The number of fused-ring (bicyclic) bond motifs is 1. The van der Waals surface area contributed by atoms with E-state index in [2.05, 4.69) is 32.9 Å². The fourth-order valence-corrected chi connectivity index (χ4v) is 3.43. The van der Waals surface area contributed by atoms with Crippen LogP contribution in [0.2, 0.25) is 0 Å². The first kappa shape index (κ1) is 16.8. The monoisotopic (exact) mass is 331 g/mol. The van der Waals surface area contributed by atoms with E-state index < -0.39 is 0 Å². The van der Waals surface area contributed by atoms with Gasteiger partial charge in [0.25, 0.3) is 0 Å². The van der Waals surface area contributed by atoms with Crippen LogP contribution in [0, 0.1) is 0 Å². The molecule has 2 heterocycles. The molecule has 5 heteroatoms. The van der Waals surface area contributed by atoms with E-state index in [4.69, 9.17) is 14.5 Å². The molecule has 0 N–H and O–H groups in total. The van der Waals surface area contributed by atoms with Crippen LogP contribution in [0.5, 0.6) is 5.75 Å². The van der Waals surface area contributed by atoms with Crippen LogP contribution in [0.25, 0.3) is 0 Å². The highest BCUT2D eigenvalue weighted by molar-refractivity contribution is 5.69. The smallest absolute Gasteiger partial charge is 0.410 e. The van der Waals surface area contributed by atoms with Crippen molar-refractivity contribution in [2.75, 3.05) is 13.2 Å². The number of rotatable bonds is 3. The molecule has 1 amide bonds. The molecule has 24 heavy (non-hydrogen) atoms. The van der Waals surface area contributed by atoms with Gasteiger partial charge in [-0.2, -0.15) is 4.89 Å². The summed E-state index contributed by atoms with van der Waals surface area (Å²) in [5.74, 6) is 0.770. The maximum atomic E-state index is 12.4. The van der Waals surface area contributed by atoms with Gasteiger partial charge >= 0.3 is 6.09 Å². The normalized spacial score (nSPS) is 20.2. The van der Waals surface area contributed by atoms with Crippen molar-refractivity contribution < 1.29 is 19.3 Å². The summed E-state index contributed by atoms with van der Waals surface area (Å²) in [7, 11) is 0. The SMILES string of the molecule is CCOC(=O)N1CC=C(C)CC1C(C)(C)c1ccc2c(c1)OOC2. The minimum absolute atomic E-state index is 0.0296. The Labute approximate surface area is 143 Å². The highest BCUT2D eigenvalue weighted by Crippen LogP contribution is 2.39. The molecule has 0 saturated carbocycles. The predicted octanol–water partition coefficient (Wildman–Crippen LogP) is 3.97. The molecule has 0 spiro atoms. The Bertz CT molecular complexity index is 665. The van der Waals surface area contributed by atoms with Gasteiger partial charge in [-0.25, -0.2) is 4.79 Å². The molecule has 0 saturated heterocycles. The van der Waals surface area contributed by atoms with Gasteiger partial charge in [-0.15, -0.1) is 0 Å². The number of nitrogens with zero attached hydrogens (tertiary/aromatic N) is 1. The second-order valence-electron chi connectivity index (χ2n) is 7.01. The summed E-state index contributed by atoms with van der Waals surface area (Å²) >= 11 is 0. The van der Waals surface area contributed by atoms with Crippen molar-refractivity contribution >= 4 is 6.09 Å². The summed E-state index contributed by atoms with van der Waals surface area (Å²) in [5, 5.41) is 0. The molecule has 2 aliphatic heterocycles. The average molecular weight is 331 g/mol. The van der Waals surface area contributed by atoms with Crippen molar-refractivity contribution in [2.45, 2.75) is 52.2 Å². The van der Waals surface area contributed by atoms with Crippen LogP contribution in [0.3, 0.4) is 0 Å². The van der Waals surface area contributed by atoms with E-state index in [9.17, 15) is 4.79 Å². The lowest BCUT2D eigenvalue weighted by atomic mass is 9.73. The molecule has 130 valence electrons. The van der Waals surface area contributed by atoms with Gasteiger partial charge in [0.1, 0.15) is 6.61 Å². The van der Waals surface area contributed by atoms with E-state index in [0.717, 1.165) is 23.3 Å². The molecule has 0 aliphatic carbocycles. The van der Waals surface area contributed by atoms with Crippen molar-refractivity contribution in [3.05, 3.63) is 41.0 Å². The van der Waals surface area contributed by atoms with Gasteiger partial charge < -0.3 is 14.5 Å². The standard InChI is InChI=1S/C19H25NO4/c1-5-22-18(21)20-9-8-13(2)10-17(20)19(3,4)15-7-6-14-12-23-24-16(14)11-15/h6-8,11,17H,5,9-10,12H2,1-4H3. The lowest BCUT2D eigenvalue weighted by Crippen LogP contribution is -2.52.